The van der Waals surface area contributed by atoms with Gasteiger partial charge in [0.1, 0.15) is 22.8 Å². The van der Waals surface area contributed by atoms with Crippen LogP contribution < -0.4 is 19.2 Å². The van der Waals surface area contributed by atoms with Crippen LogP contribution in [0.4, 0.5) is 17.2 Å². The van der Waals surface area contributed by atoms with E-state index in [0.29, 0.717) is 44.1 Å². The van der Waals surface area contributed by atoms with E-state index >= 15 is 0 Å². The van der Waals surface area contributed by atoms with Gasteiger partial charge in [-0.2, -0.15) is 5.10 Å². The van der Waals surface area contributed by atoms with E-state index in [1.54, 1.807) is 29.6 Å². The molecule has 11 nitrogen and oxygen atoms in total. The highest BCUT2D eigenvalue weighted by atomic mass is 35.5. The standard InChI is InChI=1S/C23H16Cl2N6O5S/c1-35-11-6-15(17(24)16(7-11)36-2)31(25)22(32)13-8-37-20-18(13)26-9-27-21(20)28-10-3-4-12-14(5-10)29-30-19(12)23(33)34/h3-9H,1-2H3,(H,29,30)(H,33,34)(H,26,27,28). The van der Waals surface area contributed by atoms with Crippen molar-refractivity contribution in [3.8, 4) is 11.5 Å². The van der Waals surface area contributed by atoms with E-state index < -0.39 is 11.9 Å². The van der Waals surface area contributed by atoms with Crippen molar-refractivity contribution in [1.29, 1.82) is 0 Å². The molecule has 0 spiro atoms. The van der Waals surface area contributed by atoms with Crippen molar-refractivity contribution in [2.75, 3.05) is 24.0 Å². The summed E-state index contributed by atoms with van der Waals surface area (Å²) in [5.74, 6) is -0.530. The highest BCUT2D eigenvalue weighted by molar-refractivity contribution is 7.18. The summed E-state index contributed by atoms with van der Waals surface area (Å²) in [5.41, 5.74) is 1.92. The number of fused-ring (bicyclic) bond motifs is 2. The van der Waals surface area contributed by atoms with Gasteiger partial charge in [-0.15, -0.1) is 11.3 Å². The number of aromatic nitrogens is 4. The fourth-order valence-corrected chi connectivity index (χ4v) is 5.15. The van der Waals surface area contributed by atoms with Crippen LogP contribution in [-0.2, 0) is 0 Å². The van der Waals surface area contributed by atoms with Crippen LogP contribution in [0.2, 0.25) is 5.02 Å². The van der Waals surface area contributed by atoms with Gasteiger partial charge in [0.15, 0.2) is 11.5 Å². The molecule has 0 aliphatic rings. The van der Waals surface area contributed by atoms with E-state index in [1.807, 2.05) is 0 Å². The smallest absolute Gasteiger partial charge is 0.357 e. The maximum atomic E-state index is 13.4. The van der Waals surface area contributed by atoms with Crippen LogP contribution in [0.1, 0.15) is 20.8 Å². The molecule has 0 unspecified atom stereocenters. The second kappa shape index (κ2) is 9.73. The average molecular weight is 559 g/mol. The van der Waals surface area contributed by atoms with Gasteiger partial charge in [0.25, 0.3) is 5.91 Å². The van der Waals surface area contributed by atoms with E-state index in [2.05, 4.69) is 25.5 Å². The van der Waals surface area contributed by atoms with Crippen LogP contribution >= 0.6 is 34.7 Å². The minimum absolute atomic E-state index is 0.0632. The summed E-state index contributed by atoms with van der Waals surface area (Å²) in [6, 6.07) is 8.16. The molecule has 1 amide bonds. The number of methoxy groups -OCH3 is 2. The number of hydrogen-bond donors (Lipinski definition) is 3. The van der Waals surface area contributed by atoms with Crippen molar-refractivity contribution in [1.82, 2.24) is 20.2 Å². The number of nitrogens with zero attached hydrogens (tertiary/aromatic N) is 4. The van der Waals surface area contributed by atoms with Gasteiger partial charge in [0.05, 0.1) is 41.2 Å². The topological polar surface area (TPSA) is 143 Å². The first-order valence-corrected chi connectivity index (χ1v) is 12.0. The molecule has 0 radical (unpaired) electrons. The number of carbonyl (C=O) groups excluding carboxylic acids is 1. The monoisotopic (exact) mass is 558 g/mol. The molecule has 0 aliphatic carbocycles. The lowest BCUT2D eigenvalue weighted by Crippen LogP contribution is -2.21. The van der Waals surface area contributed by atoms with Gasteiger partial charge in [0.2, 0.25) is 0 Å². The van der Waals surface area contributed by atoms with Gasteiger partial charge in [-0.3, -0.25) is 9.89 Å². The van der Waals surface area contributed by atoms with E-state index in [9.17, 15) is 14.7 Å². The Morgan fingerprint density at radius 1 is 1.16 bits per heavy atom. The van der Waals surface area contributed by atoms with E-state index in [1.165, 1.54) is 38.0 Å². The van der Waals surface area contributed by atoms with Crippen molar-refractivity contribution in [2.45, 2.75) is 0 Å². The zero-order valence-electron chi connectivity index (χ0n) is 19.1. The molecule has 0 aliphatic heterocycles. The molecule has 0 fully saturated rings. The number of hydrogen-bond acceptors (Lipinski definition) is 9. The average Bonchev–Trinajstić information content (AvgIpc) is 3.53. The van der Waals surface area contributed by atoms with Gasteiger partial charge in [-0.05, 0) is 18.2 Å². The number of nitrogens with one attached hydrogen (secondary N) is 2. The summed E-state index contributed by atoms with van der Waals surface area (Å²) in [5, 5.41) is 21.2. The molecule has 2 aromatic carbocycles. The number of benzene rings is 2. The fraction of sp³-hybridized carbons (Fsp3) is 0.0870. The number of aromatic amines is 1. The number of carbonyl (C=O) groups is 2. The molecule has 0 saturated carbocycles. The van der Waals surface area contributed by atoms with Crippen LogP contribution in [0.3, 0.4) is 0 Å². The molecule has 3 N–H and O–H groups in total. The van der Waals surface area contributed by atoms with Crippen molar-refractivity contribution in [3.63, 3.8) is 0 Å². The van der Waals surface area contributed by atoms with Crippen molar-refractivity contribution >= 4 is 84.9 Å². The Morgan fingerprint density at radius 2 is 1.97 bits per heavy atom. The Hall–Kier alpha value is -4.13. The Morgan fingerprint density at radius 3 is 2.70 bits per heavy atom. The Kier molecular flexibility index (Phi) is 6.46. The van der Waals surface area contributed by atoms with Gasteiger partial charge in [-0.1, -0.05) is 11.6 Å². The molecule has 5 aromatic rings. The first-order valence-electron chi connectivity index (χ1n) is 10.4. The minimum atomic E-state index is -1.12. The number of rotatable bonds is 7. The highest BCUT2D eigenvalue weighted by Gasteiger charge is 2.25. The van der Waals surface area contributed by atoms with Crippen LogP contribution in [0.25, 0.3) is 21.1 Å². The SMILES string of the molecule is COc1cc(OC)c(Cl)c(N(Cl)C(=O)c2csc3c(Nc4ccc5c(C(=O)O)n[nH]c5c4)ncnc23)c1. The van der Waals surface area contributed by atoms with Gasteiger partial charge in [0, 0.05) is 40.4 Å². The van der Waals surface area contributed by atoms with Gasteiger partial charge < -0.3 is 19.9 Å². The lowest BCUT2D eigenvalue weighted by atomic mass is 10.2. The maximum absolute atomic E-state index is 13.4. The van der Waals surface area contributed by atoms with Gasteiger partial charge >= 0.3 is 5.97 Å². The third kappa shape index (κ3) is 4.35. The summed E-state index contributed by atoms with van der Waals surface area (Å²) < 4.78 is 12.0. The number of carboxylic acids is 1. The summed E-state index contributed by atoms with van der Waals surface area (Å²) in [6.45, 7) is 0. The number of anilines is 3. The summed E-state index contributed by atoms with van der Waals surface area (Å²) in [7, 11) is 2.91. The molecule has 0 bridgehead atoms. The van der Waals surface area contributed by atoms with Crippen LogP contribution in [0, 0.1) is 0 Å². The minimum Gasteiger partial charge on any atom is -0.497 e. The van der Waals surface area contributed by atoms with Crippen LogP contribution in [0.5, 0.6) is 11.5 Å². The Balaban J connectivity index is 1.48. The molecule has 5 rings (SSSR count). The molecule has 3 aromatic heterocycles. The molecule has 37 heavy (non-hydrogen) atoms. The second-order valence-electron chi connectivity index (χ2n) is 7.56. The van der Waals surface area contributed by atoms with E-state index in [4.69, 9.17) is 32.9 Å². The lowest BCUT2D eigenvalue weighted by molar-refractivity contribution is 0.0692. The number of ether oxygens (including phenoxy) is 2. The van der Waals surface area contributed by atoms with Crippen molar-refractivity contribution in [2.24, 2.45) is 0 Å². The lowest BCUT2D eigenvalue weighted by Gasteiger charge is -2.18. The first-order chi connectivity index (χ1) is 17.8. The number of carboxylic acid groups (broad SMARTS) is 1. The van der Waals surface area contributed by atoms with Crippen LogP contribution in [0.15, 0.2) is 42.0 Å². The second-order valence-corrected chi connectivity index (χ2v) is 9.16. The number of thiophene rings is 1. The Labute approximate surface area is 222 Å². The predicted octanol–water partition coefficient (Wildman–Crippen LogP) is 5.48. The Bertz CT molecular complexity index is 1690. The zero-order chi connectivity index (χ0) is 26.3. The number of amides is 1. The number of halogens is 2. The predicted molar refractivity (Wildman–Crippen MR) is 141 cm³/mol. The summed E-state index contributed by atoms with van der Waals surface area (Å²) in [6.07, 6.45) is 1.32. The zero-order valence-corrected chi connectivity index (χ0v) is 21.4. The summed E-state index contributed by atoms with van der Waals surface area (Å²) in [4.78, 5) is 33.3. The van der Waals surface area contributed by atoms with E-state index in [-0.39, 0.29) is 22.0 Å². The van der Waals surface area contributed by atoms with Crippen molar-refractivity contribution < 1.29 is 24.2 Å². The highest BCUT2D eigenvalue weighted by Crippen LogP contribution is 2.41. The maximum Gasteiger partial charge on any atom is 0.357 e. The third-order valence-electron chi connectivity index (χ3n) is 5.45. The summed E-state index contributed by atoms with van der Waals surface area (Å²) >= 11 is 14.1. The molecular formula is C23H16Cl2N6O5S. The normalized spacial score (nSPS) is 11.0. The largest absolute Gasteiger partial charge is 0.497 e. The molecular weight excluding hydrogens is 543 g/mol. The molecule has 0 saturated heterocycles. The molecule has 14 heteroatoms. The fourth-order valence-electron chi connectivity index (χ4n) is 3.67. The third-order valence-corrected chi connectivity index (χ3v) is 7.14. The molecule has 188 valence electrons. The van der Waals surface area contributed by atoms with Crippen LogP contribution in [-0.4, -0.2) is 51.4 Å². The number of H-pyrrole nitrogens is 1. The molecule has 3 heterocycles. The first kappa shape index (κ1) is 24.6. The van der Waals surface area contributed by atoms with E-state index in [0.717, 1.165) is 4.42 Å². The number of aromatic carboxylic acids is 1. The molecule has 0 atom stereocenters. The van der Waals surface area contributed by atoms with Gasteiger partial charge in [-0.25, -0.2) is 19.2 Å². The quantitative estimate of drug-likeness (QED) is 0.221. The van der Waals surface area contributed by atoms with Crippen molar-refractivity contribution in [3.05, 3.63) is 58.3 Å².